The molecule has 0 saturated heterocycles. The van der Waals surface area contributed by atoms with Crippen LogP contribution in [0.15, 0.2) is 0 Å². The van der Waals surface area contributed by atoms with Gasteiger partial charge in [0.05, 0.1) is 11.0 Å². The molecule has 1 unspecified atom stereocenters. The lowest BCUT2D eigenvalue weighted by Gasteiger charge is -2.13. The van der Waals surface area contributed by atoms with Gasteiger partial charge in [0.2, 0.25) is 0 Å². The molecule has 0 amide bonds. The molecule has 0 aromatic carbocycles. The molecule has 0 bridgehead atoms. The Morgan fingerprint density at radius 3 is 2.21 bits per heavy atom. The predicted octanol–water partition coefficient (Wildman–Crippen LogP) is 1.45. The molecule has 1 N–H and O–H groups in total. The van der Waals surface area contributed by atoms with Gasteiger partial charge in [-0.1, -0.05) is 20.8 Å². The first-order chi connectivity index (χ1) is 6.40. The summed E-state index contributed by atoms with van der Waals surface area (Å²) in [5.74, 6) is 0.771. The van der Waals surface area contributed by atoms with Gasteiger partial charge in [0.25, 0.3) is 0 Å². The van der Waals surface area contributed by atoms with E-state index in [9.17, 15) is 8.42 Å². The zero-order chi connectivity index (χ0) is 11.2. The van der Waals surface area contributed by atoms with Gasteiger partial charge in [0.1, 0.15) is 0 Å². The molecular weight excluding hydrogens is 198 g/mol. The molecule has 0 aliphatic rings. The summed E-state index contributed by atoms with van der Waals surface area (Å²) in [4.78, 5) is 0. The van der Waals surface area contributed by atoms with Crippen LogP contribution in [-0.4, -0.2) is 32.5 Å². The smallest absolute Gasteiger partial charge is 0.154 e. The number of rotatable bonds is 7. The minimum atomic E-state index is -2.89. The quantitative estimate of drug-likeness (QED) is 0.707. The van der Waals surface area contributed by atoms with Crippen LogP contribution in [0.2, 0.25) is 0 Å². The molecule has 1 atom stereocenters. The highest BCUT2D eigenvalue weighted by atomic mass is 32.2. The maximum Gasteiger partial charge on any atom is 0.154 e. The minimum absolute atomic E-state index is 0.263. The standard InChI is InChI=1S/C10H23NO2S/c1-5-11-8-10(4)14(12,13)7-6-9(2)3/h9-11H,5-8H2,1-4H3. The molecule has 0 spiro atoms. The average molecular weight is 221 g/mol. The van der Waals surface area contributed by atoms with Crippen LogP contribution in [0.25, 0.3) is 0 Å². The van der Waals surface area contributed by atoms with Gasteiger partial charge in [0.15, 0.2) is 9.84 Å². The van der Waals surface area contributed by atoms with Crippen molar-refractivity contribution in [3.63, 3.8) is 0 Å². The van der Waals surface area contributed by atoms with Crippen LogP contribution in [-0.2, 0) is 9.84 Å². The van der Waals surface area contributed by atoms with E-state index in [1.54, 1.807) is 6.92 Å². The van der Waals surface area contributed by atoms with Gasteiger partial charge in [-0.05, 0) is 25.8 Å². The van der Waals surface area contributed by atoms with Crippen molar-refractivity contribution in [3.8, 4) is 0 Å². The molecule has 0 aliphatic carbocycles. The third-order valence-corrected chi connectivity index (χ3v) is 4.47. The van der Waals surface area contributed by atoms with Crippen LogP contribution in [0.5, 0.6) is 0 Å². The lowest BCUT2D eigenvalue weighted by atomic mass is 10.2. The van der Waals surface area contributed by atoms with Crippen LogP contribution >= 0.6 is 0 Å². The predicted molar refractivity (Wildman–Crippen MR) is 61.2 cm³/mol. The van der Waals surface area contributed by atoms with Gasteiger partial charge in [-0.25, -0.2) is 8.42 Å². The molecule has 4 heteroatoms. The molecule has 0 radical (unpaired) electrons. The topological polar surface area (TPSA) is 46.2 Å². The van der Waals surface area contributed by atoms with E-state index in [4.69, 9.17) is 0 Å². The number of nitrogens with one attached hydrogen (secondary N) is 1. The normalized spacial score (nSPS) is 14.6. The fourth-order valence-corrected chi connectivity index (χ4v) is 2.65. The molecule has 0 aromatic rings. The van der Waals surface area contributed by atoms with Crippen LogP contribution in [0.1, 0.15) is 34.1 Å². The zero-order valence-electron chi connectivity index (χ0n) is 9.71. The summed E-state index contributed by atoms with van der Waals surface area (Å²) in [5, 5.41) is 2.80. The highest BCUT2D eigenvalue weighted by Crippen LogP contribution is 2.07. The van der Waals surface area contributed by atoms with Crippen LogP contribution in [0.3, 0.4) is 0 Å². The van der Waals surface area contributed by atoms with Crippen molar-refractivity contribution < 1.29 is 8.42 Å². The van der Waals surface area contributed by atoms with Gasteiger partial charge < -0.3 is 5.32 Å². The van der Waals surface area contributed by atoms with Gasteiger partial charge in [-0.3, -0.25) is 0 Å². The summed E-state index contributed by atoms with van der Waals surface area (Å²) in [6.45, 7) is 9.24. The Bertz CT molecular complexity index is 235. The van der Waals surface area contributed by atoms with Crippen LogP contribution in [0, 0.1) is 5.92 Å². The molecule has 0 rings (SSSR count). The highest BCUT2D eigenvalue weighted by molar-refractivity contribution is 7.92. The zero-order valence-corrected chi connectivity index (χ0v) is 10.5. The first-order valence-corrected chi connectivity index (χ1v) is 7.04. The lowest BCUT2D eigenvalue weighted by Crippen LogP contribution is -2.32. The second kappa shape index (κ2) is 6.40. The van der Waals surface area contributed by atoms with Crippen molar-refractivity contribution in [2.45, 2.75) is 39.4 Å². The largest absolute Gasteiger partial charge is 0.316 e. The summed E-state index contributed by atoms with van der Waals surface area (Å²) in [7, 11) is -2.89. The third kappa shape index (κ3) is 5.60. The SMILES string of the molecule is CCNCC(C)S(=O)(=O)CCC(C)C. The second-order valence-electron chi connectivity index (χ2n) is 4.17. The third-order valence-electron chi connectivity index (χ3n) is 2.27. The van der Waals surface area contributed by atoms with Gasteiger partial charge in [0, 0.05) is 6.54 Å². The Morgan fingerprint density at radius 2 is 1.79 bits per heavy atom. The molecule has 3 nitrogen and oxygen atoms in total. The summed E-state index contributed by atoms with van der Waals surface area (Å²) in [5.41, 5.74) is 0. The minimum Gasteiger partial charge on any atom is -0.316 e. The molecule has 0 heterocycles. The summed E-state index contributed by atoms with van der Waals surface area (Å²) >= 11 is 0. The second-order valence-corrected chi connectivity index (χ2v) is 6.71. The van der Waals surface area contributed by atoms with E-state index in [-0.39, 0.29) is 5.25 Å². The Kier molecular flexibility index (Phi) is 6.36. The van der Waals surface area contributed by atoms with E-state index < -0.39 is 9.84 Å². The first-order valence-electron chi connectivity index (χ1n) is 5.32. The van der Waals surface area contributed by atoms with Crippen molar-refractivity contribution in [1.82, 2.24) is 5.32 Å². The van der Waals surface area contributed by atoms with Crippen molar-refractivity contribution in [3.05, 3.63) is 0 Å². The van der Waals surface area contributed by atoms with E-state index in [0.717, 1.165) is 13.0 Å². The van der Waals surface area contributed by atoms with Crippen LogP contribution < -0.4 is 5.32 Å². The molecular formula is C10H23NO2S. The highest BCUT2D eigenvalue weighted by Gasteiger charge is 2.19. The maximum atomic E-state index is 11.7. The lowest BCUT2D eigenvalue weighted by molar-refractivity contribution is 0.557. The molecule has 0 saturated carbocycles. The fourth-order valence-electron chi connectivity index (χ4n) is 1.08. The Hall–Kier alpha value is -0.0900. The van der Waals surface area contributed by atoms with E-state index >= 15 is 0 Å². The van der Waals surface area contributed by atoms with E-state index in [1.165, 1.54) is 0 Å². The van der Waals surface area contributed by atoms with Crippen molar-refractivity contribution >= 4 is 9.84 Å². The van der Waals surface area contributed by atoms with Crippen molar-refractivity contribution in [2.24, 2.45) is 5.92 Å². The number of hydrogen-bond acceptors (Lipinski definition) is 3. The van der Waals surface area contributed by atoms with Crippen molar-refractivity contribution in [1.29, 1.82) is 0 Å². The number of hydrogen-bond donors (Lipinski definition) is 1. The molecule has 0 aliphatic heterocycles. The average Bonchev–Trinajstić information content (AvgIpc) is 2.11. The Morgan fingerprint density at radius 1 is 1.21 bits per heavy atom. The van der Waals surface area contributed by atoms with Gasteiger partial charge in [-0.15, -0.1) is 0 Å². The molecule has 0 aromatic heterocycles. The van der Waals surface area contributed by atoms with Crippen molar-refractivity contribution in [2.75, 3.05) is 18.8 Å². The summed E-state index contributed by atoms with van der Waals surface area (Å²) in [6, 6.07) is 0. The monoisotopic (exact) mass is 221 g/mol. The summed E-state index contributed by atoms with van der Waals surface area (Å²) in [6.07, 6.45) is 0.763. The van der Waals surface area contributed by atoms with E-state index in [2.05, 4.69) is 5.32 Å². The molecule has 14 heavy (non-hydrogen) atoms. The maximum absolute atomic E-state index is 11.7. The fraction of sp³-hybridized carbons (Fsp3) is 1.00. The first kappa shape index (κ1) is 13.9. The summed E-state index contributed by atoms with van der Waals surface area (Å²) < 4.78 is 23.4. The Labute approximate surface area is 88.2 Å². The van der Waals surface area contributed by atoms with Gasteiger partial charge >= 0.3 is 0 Å². The van der Waals surface area contributed by atoms with E-state index in [1.807, 2.05) is 20.8 Å². The number of sulfone groups is 1. The molecule has 86 valence electrons. The van der Waals surface area contributed by atoms with Gasteiger partial charge in [-0.2, -0.15) is 0 Å². The molecule has 0 fully saturated rings. The Balaban J connectivity index is 4.04. The van der Waals surface area contributed by atoms with E-state index in [0.29, 0.717) is 18.2 Å². The van der Waals surface area contributed by atoms with Crippen LogP contribution in [0.4, 0.5) is 0 Å².